The number of aryl methyl sites for hydroxylation is 2. The largest absolute Gasteiger partial charge is 0.478 e. The van der Waals surface area contributed by atoms with E-state index in [0.29, 0.717) is 44.2 Å². The number of carboxylic acid groups (broad SMARTS) is 1. The number of carbonyl (C=O) groups excluding carboxylic acids is 1. The number of likely N-dealkylation sites (N-methyl/N-ethyl adjacent to an activating group) is 1. The molecule has 3 N–H and O–H groups in total. The van der Waals surface area contributed by atoms with Crippen molar-refractivity contribution < 1.29 is 19.4 Å². The molecule has 2 aromatic heterocycles. The van der Waals surface area contributed by atoms with Crippen LogP contribution >= 0.6 is 0 Å². The van der Waals surface area contributed by atoms with Gasteiger partial charge >= 0.3 is 5.97 Å². The number of rotatable bonds is 16. The van der Waals surface area contributed by atoms with Crippen molar-refractivity contribution in [1.82, 2.24) is 24.3 Å². The van der Waals surface area contributed by atoms with Gasteiger partial charge < -0.3 is 25.0 Å². The van der Waals surface area contributed by atoms with Gasteiger partial charge in [-0.05, 0) is 63.5 Å². The summed E-state index contributed by atoms with van der Waals surface area (Å²) in [6, 6.07) is 15.3. The van der Waals surface area contributed by atoms with Gasteiger partial charge in [0.15, 0.2) is 11.4 Å². The number of amides is 1. The van der Waals surface area contributed by atoms with E-state index in [1.165, 1.54) is 13.8 Å². The number of nitrogen functional groups attached to an aromatic ring is 1. The number of carbonyl (C=O) groups is 2. The zero-order valence-electron chi connectivity index (χ0n) is 26.7. The standard InChI is InChI=1S/C34H46N6O4/c1-6-9-18-28-37-30-31(26-16-10-11-17-27(26)36-32(30)35)40(28)20-13-19-39(29(41)23-38(7-2)8-3)22-24-14-12-15-25(21-24)44-34(4,5)33(42)43/h10-12,14-17,21H,6-9,13,18-20,22-23H2,1-5H3,(H2,35,36)(H,42,43). The zero-order chi connectivity index (χ0) is 31.9. The Kier molecular flexibility index (Phi) is 10.8. The summed E-state index contributed by atoms with van der Waals surface area (Å²) in [6.45, 7) is 12.8. The monoisotopic (exact) mass is 602 g/mol. The van der Waals surface area contributed by atoms with E-state index < -0.39 is 11.6 Å². The Hall–Kier alpha value is -4.18. The molecule has 0 bridgehead atoms. The molecule has 10 nitrogen and oxygen atoms in total. The van der Waals surface area contributed by atoms with E-state index in [4.69, 9.17) is 15.5 Å². The van der Waals surface area contributed by atoms with Gasteiger partial charge in [-0.25, -0.2) is 14.8 Å². The minimum absolute atomic E-state index is 0.0477. The van der Waals surface area contributed by atoms with Crippen LogP contribution in [0.4, 0.5) is 5.82 Å². The lowest BCUT2D eigenvalue weighted by atomic mass is 10.1. The number of fused-ring (bicyclic) bond motifs is 3. The minimum atomic E-state index is -1.37. The van der Waals surface area contributed by atoms with Crippen molar-refractivity contribution in [3.63, 3.8) is 0 Å². The first-order valence-electron chi connectivity index (χ1n) is 15.6. The second kappa shape index (κ2) is 14.5. The minimum Gasteiger partial charge on any atom is -0.478 e. The predicted octanol–water partition coefficient (Wildman–Crippen LogP) is 5.51. The number of carboxylic acids is 1. The molecule has 0 fully saturated rings. The Bertz CT molecular complexity index is 1590. The summed E-state index contributed by atoms with van der Waals surface area (Å²) >= 11 is 0. The van der Waals surface area contributed by atoms with Crippen LogP contribution < -0.4 is 10.5 Å². The number of nitrogens with zero attached hydrogens (tertiary/aromatic N) is 5. The third-order valence-electron chi connectivity index (χ3n) is 8.02. The van der Waals surface area contributed by atoms with Crippen LogP contribution in [0.15, 0.2) is 48.5 Å². The molecule has 0 atom stereocenters. The fourth-order valence-electron chi connectivity index (χ4n) is 5.39. The maximum atomic E-state index is 13.6. The average Bonchev–Trinajstić information content (AvgIpc) is 3.37. The molecule has 4 aromatic rings. The van der Waals surface area contributed by atoms with E-state index >= 15 is 0 Å². The second-order valence-electron chi connectivity index (χ2n) is 11.7. The highest BCUT2D eigenvalue weighted by Crippen LogP contribution is 2.30. The summed E-state index contributed by atoms with van der Waals surface area (Å²) in [4.78, 5) is 38.8. The van der Waals surface area contributed by atoms with Gasteiger partial charge in [-0.15, -0.1) is 0 Å². The third-order valence-corrected chi connectivity index (χ3v) is 8.02. The topological polar surface area (TPSA) is 127 Å². The van der Waals surface area contributed by atoms with E-state index in [-0.39, 0.29) is 5.91 Å². The molecular formula is C34H46N6O4. The Morgan fingerprint density at radius 2 is 1.77 bits per heavy atom. The molecule has 0 radical (unpaired) electrons. The molecule has 0 aliphatic heterocycles. The number of hydrogen-bond acceptors (Lipinski definition) is 7. The van der Waals surface area contributed by atoms with Gasteiger partial charge in [0.1, 0.15) is 17.1 Å². The number of para-hydroxylation sites is 1. The van der Waals surface area contributed by atoms with E-state index in [9.17, 15) is 14.7 Å². The van der Waals surface area contributed by atoms with Crippen LogP contribution in [-0.4, -0.2) is 73.1 Å². The average molecular weight is 603 g/mol. The number of imidazole rings is 1. The smallest absolute Gasteiger partial charge is 0.347 e. The third kappa shape index (κ3) is 7.66. The first-order valence-corrected chi connectivity index (χ1v) is 15.6. The number of anilines is 1. The molecule has 1 amide bonds. The number of aliphatic carboxylic acids is 1. The fraction of sp³-hybridized carbons (Fsp3) is 0.471. The van der Waals surface area contributed by atoms with Gasteiger partial charge in [0.2, 0.25) is 5.91 Å². The normalized spacial score (nSPS) is 11.9. The lowest BCUT2D eigenvalue weighted by molar-refractivity contribution is -0.152. The zero-order valence-corrected chi connectivity index (χ0v) is 26.7. The lowest BCUT2D eigenvalue weighted by Gasteiger charge is -2.27. The lowest BCUT2D eigenvalue weighted by Crippen LogP contribution is -2.40. The Morgan fingerprint density at radius 1 is 1.02 bits per heavy atom. The van der Waals surface area contributed by atoms with Crippen molar-refractivity contribution in [2.45, 2.75) is 79.0 Å². The first-order chi connectivity index (χ1) is 21.1. The summed E-state index contributed by atoms with van der Waals surface area (Å²) in [7, 11) is 0. The molecule has 0 aliphatic rings. The molecule has 0 saturated heterocycles. The first kappa shape index (κ1) is 32.7. The SMILES string of the molecule is CCCCc1nc2c(N)nc3ccccc3c2n1CCCN(Cc1cccc(OC(C)(C)C(=O)O)c1)C(=O)CN(CC)CC. The molecule has 2 aromatic carbocycles. The number of aromatic nitrogens is 3. The van der Waals surface area contributed by atoms with E-state index in [1.54, 1.807) is 6.07 Å². The van der Waals surface area contributed by atoms with Gasteiger partial charge in [0, 0.05) is 31.4 Å². The number of unbranched alkanes of at least 4 members (excludes halogenated alkanes) is 1. The molecule has 0 aliphatic carbocycles. The molecule has 44 heavy (non-hydrogen) atoms. The van der Waals surface area contributed by atoms with Gasteiger partial charge in [-0.3, -0.25) is 9.69 Å². The fourth-order valence-corrected chi connectivity index (χ4v) is 5.39. The highest BCUT2D eigenvalue weighted by atomic mass is 16.5. The van der Waals surface area contributed by atoms with E-state index in [1.807, 2.05) is 41.3 Å². The molecule has 0 spiro atoms. The van der Waals surface area contributed by atoms with Crippen molar-refractivity contribution in [3.8, 4) is 5.75 Å². The molecule has 2 heterocycles. The van der Waals surface area contributed by atoms with Crippen LogP contribution in [0.3, 0.4) is 0 Å². The molecule has 0 saturated carbocycles. The molecular weight excluding hydrogens is 556 g/mol. The quantitative estimate of drug-likeness (QED) is 0.172. The van der Waals surface area contributed by atoms with Gasteiger partial charge in [0.05, 0.1) is 17.6 Å². The van der Waals surface area contributed by atoms with Crippen LogP contribution in [0.25, 0.3) is 21.9 Å². The van der Waals surface area contributed by atoms with Crippen molar-refractivity contribution >= 4 is 39.6 Å². The molecule has 4 rings (SSSR count). The van der Waals surface area contributed by atoms with E-state index in [2.05, 4.69) is 41.3 Å². The van der Waals surface area contributed by atoms with Crippen LogP contribution in [0.2, 0.25) is 0 Å². The number of hydrogen-bond donors (Lipinski definition) is 2. The summed E-state index contributed by atoms with van der Waals surface area (Å²) in [5.41, 5.74) is 8.45. The summed E-state index contributed by atoms with van der Waals surface area (Å²) in [6.07, 6.45) is 3.62. The van der Waals surface area contributed by atoms with Gasteiger partial charge in [-0.2, -0.15) is 0 Å². The highest BCUT2D eigenvalue weighted by molar-refractivity contribution is 6.06. The van der Waals surface area contributed by atoms with E-state index in [0.717, 1.165) is 65.7 Å². The molecule has 0 unspecified atom stereocenters. The highest BCUT2D eigenvalue weighted by Gasteiger charge is 2.29. The number of benzene rings is 2. The van der Waals surface area contributed by atoms with Gasteiger partial charge in [-0.1, -0.05) is 57.5 Å². The van der Waals surface area contributed by atoms with Crippen LogP contribution in [0.1, 0.15) is 65.3 Å². The van der Waals surface area contributed by atoms with Crippen LogP contribution in [0.5, 0.6) is 5.75 Å². The maximum absolute atomic E-state index is 13.6. The Morgan fingerprint density at radius 3 is 2.48 bits per heavy atom. The number of ether oxygens (including phenoxy) is 1. The van der Waals surface area contributed by atoms with Crippen LogP contribution in [-0.2, 0) is 29.1 Å². The summed E-state index contributed by atoms with van der Waals surface area (Å²) < 4.78 is 8.03. The predicted molar refractivity (Wildman–Crippen MR) is 175 cm³/mol. The van der Waals surface area contributed by atoms with Crippen LogP contribution in [0, 0.1) is 0 Å². The van der Waals surface area contributed by atoms with Crippen molar-refractivity contribution in [3.05, 3.63) is 59.9 Å². The van der Waals surface area contributed by atoms with Crippen molar-refractivity contribution in [2.75, 3.05) is 31.9 Å². The van der Waals surface area contributed by atoms with Crippen molar-refractivity contribution in [2.24, 2.45) is 0 Å². The van der Waals surface area contributed by atoms with Crippen molar-refractivity contribution in [1.29, 1.82) is 0 Å². The molecule has 236 valence electrons. The second-order valence-corrected chi connectivity index (χ2v) is 11.7. The Labute approximate surface area is 259 Å². The maximum Gasteiger partial charge on any atom is 0.347 e. The molecule has 10 heteroatoms. The Balaban J connectivity index is 1.61. The number of nitrogens with two attached hydrogens (primary N) is 1. The van der Waals surface area contributed by atoms with Gasteiger partial charge in [0.25, 0.3) is 0 Å². The number of pyridine rings is 1. The summed E-state index contributed by atoms with van der Waals surface area (Å²) in [5, 5.41) is 10.5. The summed E-state index contributed by atoms with van der Waals surface area (Å²) in [5.74, 6) is 0.869.